The summed E-state index contributed by atoms with van der Waals surface area (Å²) < 4.78 is 0. The van der Waals surface area contributed by atoms with E-state index in [9.17, 15) is 4.79 Å². The zero-order valence-corrected chi connectivity index (χ0v) is 12.4. The molecule has 2 N–H and O–H groups in total. The maximum Gasteiger partial charge on any atom is 0.227 e. The third kappa shape index (κ3) is 2.66. The predicted molar refractivity (Wildman–Crippen MR) is 79.2 cm³/mol. The molecule has 104 valence electrons. The fourth-order valence-electron chi connectivity index (χ4n) is 2.62. The third-order valence-corrected chi connectivity index (χ3v) is 3.91. The number of carbonyl (C=O) groups is 1. The Bertz CT molecular complexity index is 488. The third-order valence-electron chi connectivity index (χ3n) is 3.91. The number of benzene rings is 1. The number of rotatable bonds is 2. The Labute approximate surface area is 115 Å². The Kier molecular flexibility index (Phi) is 3.68. The molecule has 1 aliphatic rings. The van der Waals surface area contributed by atoms with Crippen molar-refractivity contribution >= 4 is 11.6 Å². The molecule has 0 saturated heterocycles. The average molecular weight is 260 g/mol. The van der Waals surface area contributed by atoms with E-state index in [-0.39, 0.29) is 17.4 Å². The van der Waals surface area contributed by atoms with Gasteiger partial charge in [0.1, 0.15) is 0 Å². The van der Waals surface area contributed by atoms with Gasteiger partial charge >= 0.3 is 0 Å². The summed E-state index contributed by atoms with van der Waals surface area (Å²) in [5.41, 5.74) is 9.84. The quantitative estimate of drug-likeness (QED) is 0.888. The van der Waals surface area contributed by atoms with Gasteiger partial charge in [0.25, 0.3) is 0 Å². The molecule has 1 amide bonds. The lowest BCUT2D eigenvalue weighted by Crippen LogP contribution is -2.35. The number of hydrogen-bond acceptors (Lipinski definition) is 2. The summed E-state index contributed by atoms with van der Waals surface area (Å²) in [7, 11) is 0. The van der Waals surface area contributed by atoms with E-state index >= 15 is 0 Å². The summed E-state index contributed by atoms with van der Waals surface area (Å²) in [6, 6.07) is 6.32. The van der Waals surface area contributed by atoms with Crippen LogP contribution >= 0.6 is 0 Å². The molecular formula is C16H24N2O. The number of amides is 1. The van der Waals surface area contributed by atoms with Crippen molar-refractivity contribution in [2.75, 3.05) is 11.4 Å². The zero-order chi connectivity index (χ0) is 14.2. The number of carbonyl (C=O) groups excluding carboxylic acids is 1. The van der Waals surface area contributed by atoms with E-state index in [2.05, 4.69) is 39.0 Å². The highest BCUT2D eigenvalue weighted by Gasteiger charge is 2.26. The van der Waals surface area contributed by atoms with Crippen molar-refractivity contribution in [3.05, 3.63) is 29.3 Å². The second kappa shape index (κ2) is 4.97. The van der Waals surface area contributed by atoms with Crippen LogP contribution < -0.4 is 10.6 Å². The van der Waals surface area contributed by atoms with Gasteiger partial charge in [-0.3, -0.25) is 4.79 Å². The molecule has 19 heavy (non-hydrogen) atoms. The van der Waals surface area contributed by atoms with Gasteiger partial charge in [-0.15, -0.1) is 0 Å². The number of fused-ring (bicyclic) bond motifs is 1. The summed E-state index contributed by atoms with van der Waals surface area (Å²) >= 11 is 0. The van der Waals surface area contributed by atoms with Crippen molar-refractivity contribution in [2.24, 2.45) is 11.1 Å². The number of hydrogen-bond donors (Lipinski definition) is 1. The highest BCUT2D eigenvalue weighted by Crippen LogP contribution is 2.35. The summed E-state index contributed by atoms with van der Waals surface area (Å²) in [5.74, 6) is 0.225. The van der Waals surface area contributed by atoms with E-state index in [4.69, 9.17) is 5.73 Å². The maximum absolute atomic E-state index is 11.9. The standard InChI is InChI=1S/C16H24N2O/c1-5-18-13-8-6-12(15(17)16(2,3)4)10-11(13)7-9-14(18)19/h6,8,10,15H,5,7,9,17H2,1-4H3. The largest absolute Gasteiger partial charge is 0.324 e. The summed E-state index contributed by atoms with van der Waals surface area (Å²) in [4.78, 5) is 13.7. The van der Waals surface area contributed by atoms with Gasteiger partial charge in [0.05, 0.1) is 0 Å². The molecule has 1 aliphatic heterocycles. The molecule has 1 aromatic rings. The van der Waals surface area contributed by atoms with Gasteiger partial charge in [0, 0.05) is 24.7 Å². The Morgan fingerprint density at radius 1 is 1.32 bits per heavy atom. The normalized spacial score (nSPS) is 17.3. The molecule has 0 spiro atoms. The number of nitrogens with two attached hydrogens (primary N) is 1. The highest BCUT2D eigenvalue weighted by molar-refractivity contribution is 5.96. The minimum absolute atomic E-state index is 0.0190. The Morgan fingerprint density at radius 2 is 2.00 bits per heavy atom. The van der Waals surface area contributed by atoms with Gasteiger partial charge in [0.2, 0.25) is 5.91 Å². The fourth-order valence-corrected chi connectivity index (χ4v) is 2.62. The molecule has 0 aliphatic carbocycles. The van der Waals surface area contributed by atoms with Crippen LogP contribution in [-0.4, -0.2) is 12.5 Å². The lowest BCUT2D eigenvalue weighted by atomic mass is 9.82. The van der Waals surface area contributed by atoms with Crippen molar-refractivity contribution in [1.82, 2.24) is 0 Å². The minimum atomic E-state index is 0.0190. The van der Waals surface area contributed by atoms with Gasteiger partial charge in [-0.2, -0.15) is 0 Å². The summed E-state index contributed by atoms with van der Waals surface area (Å²) in [6.07, 6.45) is 1.43. The van der Waals surface area contributed by atoms with E-state index in [1.54, 1.807) is 0 Å². The maximum atomic E-state index is 11.9. The van der Waals surface area contributed by atoms with Crippen LogP contribution in [0.5, 0.6) is 0 Å². The van der Waals surface area contributed by atoms with Crippen LogP contribution in [0.15, 0.2) is 18.2 Å². The molecule has 0 fully saturated rings. The SMILES string of the molecule is CCN1C(=O)CCc2cc(C(N)C(C)(C)C)ccc21. The van der Waals surface area contributed by atoms with Crippen molar-refractivity contribution in [2.45, 2.75) is 46.6 Å². The van der Waals surface area contributed by atoms with Crippen molar-refractivity contribution < 1.29 is 4.79 Å². The lowest BCUT2D eigenvalue weighted by Gasteiger charge is -2.31. The molecule has 0 aromatic heterocycles. The van der Waals surface area contributed by atoms with E-state index in [1.165, 1.54) is 5.56 Å². The molecule has 3 heteroatoms. The molecule has 1 unspecified atom stereocenters. The lowest BCUT2D eigenvalue weighted by molar-refractivity contribution is -0.118. The first-order valence-corrected chi connectivity index (χ1v) is 7.03. The minimum Gasteiger partial charge on any atom is -0.324 e. The van der Waals surface area contributed by atoms with Crippen LogP contribution in [0, 0.1) is 5.41 Å². The van der Waals surface area contributed by atoms with E-state index in [0.717, 1.165) is 24.2 Å². The Balaban J connectivity index is 2.38. The molecule has 0 bridgehead atoms. The van der Waals surface area contributed by atoms with Crippen LogP contribution in [-0.2, 0) is 11.2 Å². The fraction of sp³-hybridized carbons (Fsp3) is 0.562. The Hall–Kier alpha value is -1.35. The first-order chi connectivity index (χ1) is 8.84. The summed E-state index contributed by atoms with van der Waals surface area (Å²) in [5, 5.41) is 0. The molecule has 0 saturated carbocycles. The number of nitrogens with zero attached hydrogens (tertiary/aromatic N) is 1. The van der Waals surface area contributed by atoms with E-state index < -0.39 is 0 Å². The van der Waals surface area contributed by atoms with Crippen LogP contribution in [0.2, 0.25) is 0 Å². The monoisotopic (exact) mass is 260 g/mol. The highest BCUT2D eigenvalue weighted by atomic mass is 16.2. The van der Waals surface area contributed by atoms with Crippen molar-refractivity contribution in [3.63, 3.8) is 0 Å². The van der Waals surface area contributed by atoms with Crippen LogP contribution in [0.1, 0.15) is 51.3 Å². The van der Waals surface area contributed by atoms with E-state index in [1.807, 2.05) is 11.8 Å². The van der Waals surface area contributed by atoms with Gasteiger partial charge in [-0.25, -0.2) is 0 Å². The second-order valence-electron chi connectivity index (χ2n) is 6.37. The first-order valence-electron chi connectivity index (χ1n) is 7.03. The van der Waals surface area contributed by atoms with Crippen molar-refractivity contribution in [3.8, 4) is 0 Å². The van der Waals surface area contributed by atoms with Crippen molar-refractivity contribution in [1.29, 1.82) is 0 Å². The van der Waals surface area contributed by atoms with Crippen LogP contribution in [0.3, 0.4) is 0 Å². The first kappa shape index (κ1) is 14.1. The topological polar surface area (TPSA) is 46.3 Å². The van der Waals surface area contributed by atoms with Gasteiger partial charge in [-0.05, 0) is 36.0 Å². The smallest absolute Gasteiger partial charge is 0.227 e. The molecular weight excluding hydrogens is 236 g/mol. The Morgan fingerprint density at radius 3 is 2.58 bits per heavy atom. The molecule has 0 radical (unpaired) electrons. The summed E-state index contributed by atoms with van der Waals surface area (Å²) in [6.45, 7) is 9.20. The average Bonchev–Trinajstić information content (AvgIpc) is 2.36. The number of aryl methyl sites for hydroxylation is 1. The van der Waals surface area contributed by atoms with Crippen LogP contribution in [0.4, 0.5) is 5.69 Å². The van der Waals surface area contributed by atoms with Crippen LogP contribution in [0.25, 0.3) is 0 Å². The molecule has 1 atom stereocenters. The van der Waals surface area contributed by atoms with Gasteiger partial charge in [-0.1, -0.05) is 32.9 Å². The van der Waals surface area contributed by atoms with Gasteiger partial charge < -0.3 is 10.6 Å². The molecule has 1 aromatic carbocycles. The molecule has 1 heterocycles. The number of anilines is 1. The van der Waals surface area contributed by atoms with E-state index in [0.29, 0.717) is 6.42 Å². The molecule has 3 nitrogen and oxygen atoms in total. The second-order valence-corrected chi connectivity index (χ2v) is 6.37. The van der Waals surface area contributed by atoms with Gasteiger partial charge in [0.15, 0.2) is 0 Å². The molecule has 2 rings (SSSR count). The predicted octanol–water partition coefficient (Wildman–Crippen LogP) is 3.03. The zero-order valence-electron chi connectivity index (χ0n) is 12.4.